The largest absolute Gasteiger partial charge is 0.449 e. The van der Waals surface area contributed by atoms with Crippen LogP contribution in [-0.4, -0.2) is 36.4 Å². The lowest BCUT2D eigenvalue weighted by Crippen LogP contribution is -2.23. The van der Waals surface area contributed by atoms with Gasteiger partial charge < -0.3 is 15.0 Å². The fraction of sp³-hybridized carbons (Fsp3) is 0.316. The summed E-state index contributed by atoms with van der Waals surface area (Å²) in [4.78, 5) is 24.0. The molecule has 0 radical (unpaired) electrons. The third-order valence-electron chi connectivity index (χ3n) is 3.85. The summed E-state index contributed by atoms with van der Waals surface area (Å²) in [6, 6.07) is 11.6. The number of nitrogens with one attached hydrogen (secondary N) is 1. The molecule has 0 bridgehead atoms. The molecule has 0 aromatic heterocycles. The van der Waals surface area contributed by atoms with Crippen LogP contribution in [0.4, 0.5) is 5.69 Å². The number of benzene rings is 2. The molecule has 144 valence electrons. The third kappa shape index (κ3) is 6.23. The number of nitrogens with zero attached hydrogens (tertiary/aromatic N) is 2. The van der Waals surface area contributed by atoms with E-state index in [4.69, 9.17) is 16.3 Å². The van der Waals surface area contributed by atoms with Crippen molar-refractivity contribution in [1.82, 2.24) is 10.2 Å². The molecule has 0 aliphatic rings. The molecule has 8 heteroatoms. The highest BCUT2D eigenvalue weighted by Crippen LogP contribution is 2.35. The molecule has 2 aromatic rings. The second-order valence-corrected chi connectivity index (χ2v) is 6.57. The number of carbonyl (C=O) groups excluding carboxylic acids is 1. The van der Waals surface area contributed by atoms with Gasteiger partial charge in [0.15, 0.2) is 0 Å². The van der Waals surface area contributed by atoms with Gasteiger partial charge in [-0.1, -0.05) is 29.8 Å². The minimum atomic E-state index is -0.481. The number of hydrogen-bond donors (Lipinski definition) is 1. The fourth-order valence-corrected chi connectivity index (χ4v) is 2.54. The quantitative estimate of drug-likeness (QED) is 0.396. The molecular formula is C19H22ClN3O4. The van der Waals surface area contributed by atoms with Crippen LogP contribution in [0.25, 0.3) is 0 Å². The van der Waals surface area contributed by atoms with Crippen molar-refractivity contribution in [3.63, 3.8) is 0 Å². The first-order valence-corrected chi connectivity index (χ1v) is 8.87. The third-order valence-corrected chi connectivity index (χ3v) is 4.16. The van der Waals surface area contributed by atoms with Crippen LogP contribution >= 0.6 is 11.6 Å². The van der Waals surface area contributed by atoms with Crippen molar-refractivity contribution in [2.24, 2.45) is 0 Å². The molecule has 0 unspecified atom stereocenters. The van der Waals surface area contributed by atoms with E-state index in [0.29, 0.717) is 36.7 Å². The summed E-state index contributed by atoms with van der Waals surface area (Å²) in [6.45, 7) is 1.11. The summed E-state index contributed by atoms with van der Waals surface area (Å²) >= 11 is 6.05. The average Bonchev–Trinajstić information content (AvgIpc) is 2.63. The molecule has 0 aliphatic heterocycles. The van der Waals surface area contributed by atoms with Crippen LogP contribution in [0.1, 0.15) is 18.4 Å². The molecule has 2 rings (SSSR count). The molecule has 0 saturated carbocycles. The summed E-state index contributed by atoms with van der Waals surface area (Å²) in [6.07, 6.45) is 1.16. The zero-order valence-corrected chi connectivity index (χ0v) is 16.0. The molecule has 0 heterocycles. The van der Waals surface area contributed by atoms with E-state index in [1.807, 2.05) is 0 Å². The van der Waals surface area contributed by atoms with Gasteiger partial charge in [-0.2, -0.15) is 0 Å². The van der Waals surface area contributed by atoms with Gasteiger partial charge in [-0.15, -0.1) is 0 Å². The van der Waals surface area contributed by atoms with E-state index in [0.717, 1.165) is 5.56 Å². The Morgan fingerprint density at radius 2 is 1.96 bits per heavy atom. The standard InChI is InChI=1S/C19H22ClN3O4/c1-22(2)19(24)8-5-11-21-13-14-9-10-18(16(12-14)23(25)26)27-17-7-4-3-6-15(17)20/h3-4,6-7,9-10,12,21H,5,8,11,13H2,1-2H3. The molecule has 0 spiro atoms. The number of ether oxygens (including phenoxy) is 1. The summed E-state index contributed by atoms with van der Waals surface area (Å²) in [7, 11) is 3.45. The van der Waals surface area contributed by atoms with Crippen molar-refractivity contribution in [3.8, 4) is 11.5 Å². The Labute approximate surface area is 163 Å². The lowest BCUT2D eigenvalue weighted by atomic mass is 10.2. The van der Waals surface area contributed by atoms with Crippen molar-refractivity contribution >= 4 is 23.2 Å². The molecule has 7 nitrogen and oxygen atoms in total. The van der Waals surface area contributed by atoms with Gasteiger partial charge in [0.25, 0.3) is 0 Å². The minimum Gasteiger partial charge on any atom is -0.449 e. The smallest absolute Gasteiger partial charge is 0.311 e. The van der Waals surface area contributed by atoms with Crippen molar-refractivity contribution in [1.29, 1.82) is 0 Å². The highest BCUT2D eigenvalue weighted by molar-refractivity contribution is 6.32. The van der Waals surface area contributed by atoms with Crippen LogP contribution in [0.3, 0.4) is 0 Å². The molecule has 0 aliphatic carbocycles. The number of amides is 1. The van der Waals surface area contributed by atoms with Crippen LogP contribution < -0.4 is 10.1 Å². The van der Waals surface area contributed by atoms with Gasteiger partial charge in [-0.25, -0.2) is 0 Å². The van der Waals surface area contributed by atoms with Gasteiger partial charge in [-0.3, -0.25) is 14.9 Å². The Morgan fingerprint density at radius 1 is 1.22 bits per heavy atom. The molecule has 0 atom stereocenters. The van der Waals surface area contributed by atoms with E-state index < -0.39 is 4.92 Å². The minimum absolute atomic E-state index is 0.0773. The van der Waals surface area contributed by atoms with Gasteiger partial charge in [0.1, 0.15) is 5.75 Å². The molecule has 27 heavy (non-hydrogen) atoms. The van der Waals surface area contributed by atoms with Gasteiger partial charge in [-0.05, 0) is 36.7 Å². The Bertz CT molecular complexity index is 811. The first kappa shape index (κ1) is 20.7. The molecular weight excluding hydrogens is 370 g/mol. The van der Waals surface area contributed by atoms with E-state index in [9.17, 15) is 14.9 Å². The van der Waals surface area contributed by atoms with E-state index in [2.05, 4.69) is 5.32 Å². The number of nitro benzene ring substituents is 1. The Kier molecular flexibility index (Phi) is 7.57. The molecule has 2 aromatic carbocycles. The fourth-order valence-electron chi connectivity index (χ4n) is 2.37. The number of para-hydroxylation sites is 1. The summed E-state index contributed by atoms with van der Waals surface area (Å²) in [5.74, 6) is 0.570. The molecule has 0 fully saturated rings. The first-order valence-electron chi connectivity index (χ1n) is 8.49. The van der Waals surface area contributed by atoms with Crippen molar-refractivity contribution < 1.29 is 14.5 Å². The van der Waals surface area contributed by atoms with Gasteiger partial charge in [0, 0.05) is 33.1 Å². The molecule has 0 saturated heterocycles. The Balaban J connectivity index is 1.98. The highest BCUT2D eigenvalue weighted by Gasteiger charge is 2.17. The summed E-state index contributed by atoms with van der Waals surface area (Å²) in [5, 5.41) is 15.0. The van der Waals surface area contributed by atoms with E-state index in [1.165, 1.54) is 6.07 Å². The normalized spacial score (nSPS) is 10.5. The maximum absolute atomic E-state index is 11.5. The number of nitro groups is 1. The molecule has 1 amide bonds. The van der Waals surface area contributed by atoms with Crippen molar-refractivity contribution in [3.05, 3.63) is 63.2 Å². The van der Waals surface area contributed by atoms with Gasteiger partial charge in [0.2, 0.25) is 11.7 Å². The second-order valence-electron chi connectivity index (χ2n) is 6.16. The van der Waals surface area contributed by atoms with Crippen LogP contribution in [-0.2, 0) is 11.3 Å². The van der Waals surface area contributed by atoms with Crippen LogP contribution in [0.15, 0.2) is 42.5 Å². The Hall–Kier alpha value is -2.64. The summed E-state index contributed by atoms with van der Waals surface area (Å²) < 4.78 is 5.61. The highest BCUT2D eigenvalue weighted by atomic mass is 35.5. The Morgan fingerprint density at radius 3 is 2.63 bits per heavy atom. The number of halogens is 1. The second kappa shape index (κ2) is 9.89. The lowest BCUT2D eigenvalue weighted by molar-refractivity contribution is -0.385. The van der Waals surface area contributed by atoms with Crippen LogP contribution in [0.2, 0.25) is 5.02 Å². The topological polar surface area (TPSA) is 84.7 Å². The zero-order valence-electron chi connectivity index (χ0n) is 15.3. The van der Waals surface area contributed by atoms with Crippen molar-refractivity contribution in [2.75, 3.05) is 20.6 Å². The summed E-state index contributed by atoms with van der Waals surface area (Å²) in [5.41, 5.74) is 0.629. The maximum Gasteiger partial charge on any atom is 0.311 e. The number of carbonyl (C=O) groups is 1. The lowest BCUT2D eigenvalue weighted by Gasteiger charge is -2.11. The predicted octanol–water partition coefficient (Wildman–Crippen LogP) is 4.00. The number of hydrogen-bond acceptors (Lipinski definition) is 5. The SMILES string of the molecule is CN(C)C(=O)CCCNCc1ccc(Oc2ccccc2Cl)c([N+](=O)[O-])c1. The van der Waals surface area contributed by atoms with Crippen molar-refractivity contribution in [2.45, 2.75) is 19.4 Å². The van der Waals surface area contributed by atoms with Crippen LogP contribution in [0, 0.1) is 10.1 Å². The van der Waals surface area contributed by atoms with Gasteiger partial charge in [0.05, 0.1) is 9.95 Å². The number of rotatable bonds is 9. The van der Waals surface area contributed by atoms with E-state index in [1.54, 1.807) is 55.4 Å². The monoisotopic (exact) mass is 391 g/mol. The van der Waals surface area contributed by atoms with E-state index in [-0.39, 0.29) is 17.3 Å². The first-order chi connectivity index (χ1) is 12.9. The van der Waals surface area contributed by atoms with E-state index >= 15 is 0 Å². The zero-order chi connectivity index (χ0) is 19.8. The average molecular weight is 392 g/mol. The molecule has 1 N–H and O–H groups in total. The predicted molar refractivity (Wildman–Crippen MR) is 104 cm³/mol. The van der Waals surface area contributed by atoms with Crippen LogP contribution in [0.5, 0.6) is 11.5 Å². The maximum atomic E-state index is 11.5. The van der Waals surface area contributed by atoms with Gasteiger partial charge >= 0.3 is 5.69 Å².